The van der Waals surface area contributed by atoms with E-state index in [2.05, 4.69) is 15.4 Å². The van der Waals surface area contributed by atoms with E-state index in [0.717, 1.165) is 0 Å². The Morgan fingerprint density at radius 2 is 2.55 bits per heavy atom. The number of carbonyl (C=O) groups excluding carboxylic acids is 2. The lowest BCUT2D eigenvalue weighted by Gasteiger charge is -1.93. The Bertz CT molecular complexity index is 222. The molecule has 2 N–H and O–H groups in total. The predicted molar refractivity (Wildman–Crippen MR) is 36.4 cm³/mol. The fraction of sp³-hybridized carbons (Fsp3) is 0.333. The summed E-state index contributed by atoms with van der Waals surface area (Å²) in [5.41, 5.74) is 0. The Hall–Kier alpha value is -1.52. The highest BCUT2D eigenvalue weighted by Gasteiger charge is 2.14. The molecule has 0 aliphatic carbocycles. The van der Waals surface area contributed by atoms with Crippen molar-refractivity contribution in [2.75, 3.05) is 6.54 Å². The predicted octanol–water partition coefficient (Wildman–Crippen LogP) is -0.296. The van der Waals surface area contributed by atoms with Crippen LogP contribution in [0.25, 0.3) is 0 Å². The van der Waals surface area contributed by atoms with Gasteiger partial charge in [0, 0.05) is 13.1 Å². The van der Waals surface area contributed by atoms with E-state index in [1.807, 2.05) is 0 Å². The number of ether oxygens (including phenoxy) is 1. The maximum atomic E-state index is 10.4. The molecule has 2 amide bonds. The molecule has 11 heavy (non-hydrogen) atoms. The van der Waals surface area contributed by atoms with Gasteiger partial charge in [-0.15, -0.1) is 0 Å². The average Bonchev–Trinajstić information content (AvgIpc) is 2.31. The number of carbonyl (C=O) groups is 2. The Balaban J connectivity index is 2.42. The van der Waals surface area contributed by atoms with E-state index in [1.54, 1.807) is 0 Å². The number of alkyl carbamates (subject to hydrolysis) is 1. The van der Waals surface area contributed by atoms with E-state index in [9.17, 15) is 9.59 Å². The van der Waals surface area contributed by atoms with Gasteiger partial charge in [0.05, 0.1) is 6.54 Å². The molecule has 0 aromatic rings. The van der Waals surface area contributed by atoms with Crippen LogP contribution in [0.4, 0.5) is 4.79 Å². The minimum atomic E-state index is -0.485. The monoisotopic (exact) mass is 156 g/mol. The molecule has 0 saturated carbocycles. The Morgan fingerprint density at radius 3 is 3.00 bits per heavy atom. The fourth-order valence-electron chi connectivity index (χ4n) is 0.613. The summed E-state index contributed by atoms with van der Waals surface area (Å²) in [6.07, 6.45) is 0.877. The summed E-state index contributed by atoms with van der Waals surface area (Å²) in [6, 6.07) is 0. The van der Waals surface area contributed by atoms with Gasteiger partial charge >= 0.3 is 6.09 Å². The molecule has 1 aliphatic rings. The van der Waals surface area contributed by atoms with Gasteiger partial charge < -0.3 is 15.4 Å². The number of hydrogen-bond donors (Lipinski definition) is 2. The number of rotatable bonds is 1. The van der Waals surface area contributed by atoms with Gasteiger partial charge in [-0.2, -0.15) is 0 Å². The zero-order valence-corrected chi connectivity index (χ0v) is 6.01. The van der Waals surface area contributed by atoms with Crippen molar-refractivity contribution in [2.45, 2.75) is 6.92 Å². The van der Waals surface area contributed by atoms with Crippen LogP contribution in [0.5, 0.6) is 0 Å². The zero-order valence-electron chi connectivity index (χ0n) is 6.01. The Kier molecular flexibility index (Phi) is 2.10. The molecule has 60 valence electrons. The number of amides is 2. The van der Waals surface area contributed by atoms with Crippen molar-refractivity contribution in [2.24, 2.45) is 0 Å². The van der Waals surface area contributed by atoms with Crippen LogP contribution in [0.1, 0.15) is 6.92 Å². The normalized spacial score (nSPS) is 19.4. The highest BCUT2D eigenvalue weighted by atomic mass is 16.6. The molecular weight excluding hydrogens is 148 g/mol. The third kappa shape index (κ3) is 2.29. The van der Waals surface area contributed by atoms with Crippen LogP contribution in [0.15, 0.2) is 12.0 Å². The SMILES string of the molecule is CC(=O)NC=C1CNC(=O)O1. The molecule has 1 aliphatic heterocycles. The van der Waals surface area contributed by atoms with Gasteiger partial charge in [-0.1, -0.05) is 0 Å². The molecule has 0 atom stereocenters. The van der Waals surface area contributed by atoms with Crippen molar-refractivity contribution in [1.82, 2.24) is 10.6 Å². The van der Waals surface area contributed by atoms with Gasteiger partial charge in [0.25, 0.3) is 0 Å². The number of cyclic esters (lactones) is 1. The summed E-state index contributed by atoms with van der Waals surface area (Å²) in [5, 5.41) is 4.80. The lowest BCUT2D eigenvalue weighted by molar-refractivity contribution is -0.118. The Morgan fingerprint density at radius 1 is 1.82 bits per heavy atom. The minimum absolute atomic E-state index is 0.194. The van der Waals surface area contributed by atoms with E-state index in [-0.39, 0.29) is 5.91 Å². The van der Waals surface area contributed by atoms with Crippen molar-refractivity contribution >= 4 is 12.0 Å². The van der Waals surface area contributed by atoms with Crippen molar-refractivity contribution in [3.63, 3.8) is 0 Å². The quantitative estimate of drug-likeness (QED) is 0.547. The van der Waals surface area contributed by atoms with Crippen LogP contribution in [0, 0.1) is 0 Å². The molecule has 1 rings (SSSR count). The average molecular weight is 156 g/mol. The second-order valence-electron chi connectivity index (χ2n) is 2.05. The Labute approximate surface area is 63.4 Å². The molecule has 5 nitrogen and oxygen atoms in total. The van der Waals surface area contributed by atoms with Gasteiger partial charge in [0.1, 0.15) is 5.76 Å². The molecule has 0 spiro atoms. The first-order valence-corrected chi connectivity index (χ1v) is 3.10. The molecule has 5 heteroatoms. The maximum Gasteiger partial charge on any atom is 0.412 e. The van der Waals surface area contributed by atoms with Gasteiger partial charge in [-0.05, 0) is 0 Å². The lowest BCUT2D eigenvalue weighted by Crippen LogP contribution is -2.14. The first-order chi connectivity index (χ1) is 5.18. The summed E-state index contributed by atoms with van der Waals surface area (Å²) in [6.45, 7) is 1.71. The fourth-order valence-corrected chi connectivity index (χ4v) is 0.613. The maximum absolute atomic E-state index is 10.4. The second kappa shape index (κ2) is 3.05. The first kappa shape index (κ1) is 7.59. The van der Waals surface area contributed by atoms with Crippen molar-refractivity contribution in [1.29, 1.82) is 0 Å². The third-order valence-electron chi connectivity index (χ3n) is 1.07. The highest BCUT2D eigenvalue weighted by molar-refractivity contribution is 5.75. The molecule has 0 bridgehead atoms. The standard InChI is InChI=1S/C6H8N2O3/c1-4(9)7-2-5-3-8-6(10)11-5/h2H,3H2,1H3,(H,7,9)(H,8,10). The second-order valence-corrected chi connectivity index (χ2v) is 2.05. The molecule has 1 heterocycles. The topological polar surface area (TPSA) is 67.4 Å². The van der Waals surface area contributed by atoms with Crippen molar-refractivity contribution in [3.05, 3.63) is 12.0 Å². The van der Waals surface area contributed by atoms with E-state index >= 15 is 0 Å². The molecule has 1 fully saturated rings. The van der Waals surface area contributed by atoms with Crippen LogP contribution in [-0.2, 0) is 9.53 Å². The lowest BCUT2D eigenvalue weighted by atomic mass is 10.5. The van der Waals surface area contributed by atoms with E-state index < -0.39 is 6.09 Å². The van der Waals surface area contributed by atoms with Crippen LogP contribution in [0.3, 0.4) is 0 Å². The number of nitrogens with one attached hydrogen (secondary N) is 2. The van der Waals surface area contributed by atoms with Crippen LogP contribution in [-0.4, -0.2) is 18.5 Å². The van der Waals surface area contributed by atoms with Crippen LogP contribution < -0.4 is 10.6 Å². The molecule has 0 aromatic heterocycles. The van der Waals surface area contributed by atoms with Crippen molar-refractivity contribution < 1.29 is 14.3 Å². The molecular formula is C6H8N2O3. The summed E-state index contributed by atoms with van der Waals surface area (Å²) < 4.78 is 4.61. The van der Waals surface area contributed by atoms with Crippen molar-refractivity contribution in [3.8, 4) is 0 Å². The summed E-state index contributed by atoms with van der Waals surface area (Å²) in [5.74, 6) is 0.227. The smallest absolute Gasteiger partial charge is 0.411 e. The van der Waals surface area contributed by atoms with Gasteiger partial charge in [0.2, 0.25) is 5.91 Å². The van der Waals surface area contributed by atoms with E-state index in [1.165, 1.54) is 13.1 Å². The van der Waals surface area contributed by atoms with Gasteiger partial charge in [0.15, 0.2) is 0 Å². The molecule has 0 aromatic carbocycles. The summed E-state index contributed by atoms with van der Waals surface area (Å²) >= 11 is 0. The minimum Gasteiger partial charge on any atom is -0.411 e. The summed E-state index contributed by atoms with van der Waals surface area (Å²) in [7, 11) is 0. The molecule has 0 unspecified atom stereocenters. The van der Waals surface area contributed by atoms with E-state index in [4.69, 9.17) is 0 Å². The van der Waals surface area contributed by atoms with Gasteiger partial charge in [-0.3, -0.25) is 4.79 Å². The van der Waals surface area contributed by atoms with Crippen LogP contribution in [0.2, 0.25) is 0 Å². The largest absolute Gasteiger partial charge is 0.412 e. The van der Waals surface area contributed by atoms with E-state index in [0.29, 0.717) is 12.3 Å². The molecule has 0 radical (unpaired) electrons. The number of hydrogen-bond acceptors (Lipinski definition) is 3. The summed E-state index contributed by atoms with van der Waals surface area (Å²) in [4.78, 5) is 20.8. The highest BCUT2D eigenvalue weighted by Crippen LogP contribution is 2.01. The zero-order chi connectivity index (χ0) is 8.27. The van der Waals surface area contributed by atoms with Gasteiger partial charge in [-0.25, -0.2) is 4.79 Å². The van der Waals surface area contributed by atoms with Crippen LogP contribution >= 0.6 is 0 Å². The molecule has 1 saturated heterocycles. The third-order valence-corrected chi connectivity index (χ3v) is 1.07. The first-order valence-electron chi connectivity index (χ1n) is 3.10.